The zero-order chi connectivity index (χ0) is 21.0. The summed E-state index contributed by atoms with van der Waals surface area (Å²) in [6.07, 6.45) is 3.28. The molecule has 1 aliphatic heterocycles. The first-order chi connectivity index (χ1) is 14.5. The standard InChI is InChI=1S/C23H25NO5S/c25-23-12-10-18-9-11-20(15-22(18)29-23)28-16-19(24-13-5-2-6-14-24)17-30(26,27)21-7-3-1-4-8-21/h1,3-4,7-12,15,19H,2,5-6,13-14,16-17H2. The molecule has 158 valence electrons. The van der Waals surface area contributed by atoms with E-state index in [2.05, 4.69) is 4.90 Å². The number of piperidine rings is 1. The van der Waals surface area contributed by atoms with Gasteiger partial charge < -0.3 is 9.15 Å². The van der Waals surface area contributed by atoms with Gasteiger partial charge in [-0.25, -0.2) is 13.2 Å². The van der Waals surface area contributed by atoms with E-state index in [-0.39, 0.29) is 18.4 Å². The van der Waals surface area contributed by atoms with Gasteiger partial charge in [0.15, 0.2) is 9.84 Å². The highest BCUT2D eigenvalue weighted by molar-refractivity contribution is 7.91. The molecule has 0 saturated carbocycles. The molecule has 0 aliphatic carbocycles. The van der Waals surface area contributed by atoms with E-state index < -0.39 is 15.5 Å². The summed E-state index contributed by atoms with van der Waals surface area (Å²) in [5, 5.41) is 0.807. The topological polar surface area (TPSA) is 76.8 Å². The molecule has 1 aliphatic rings. The molecule has 1 fully saturated rings. The number of nitrogens with zero attached hydrogens (tertiary/aromatic N) is 1. The first-order valence-corrected chi connectivity index (χ1v) is 11.9. The average Bonchev–Trinajstić information content (AvgIpc) is 2.77. The number of rotatable bonds is 7. The maximum Gasteiger partial charge on any atom is 0.336 e. The van der Waals surface area contributed by atoms with Crippen molar-refractivity contribution in [1.82, 2.24) is 4.90 Å². The molecule has 3 aromatic rings. The SMILES string of the molecule is O=c1ccc2ccc(OCC(CS(=O)(=O)c3ccccc3)N3CCCCC3)cc2o1. The van der Waals surface area contributed by atoms with Crippen LogP contribution in [0.1, 0.15) is 19.3 Å². The molecule has 1 atom stereocenters. The van der Waals surface area contributed by atoms with Crippen molar-refractivity contribution in [2.24, 2.45) is 0 Å². The smallest absolute Gasteiger partial charge is 0.336 e. The summed E-state index contributed by atoms with van der Waals surface area (Å²) < 4.78 is 37.2. The minimum Gasteiger partial charge on any atom is -0.492 e. The van der Waals surface area contributed by atoms with Gasteiger partial charge in [0, 0.05) is 17.5 Å². The predicted octanol–water partition coefficient (Wildman–Crippen LogP) is 3.50. The fourth-order valence-corrected chi connectivity index (χ4v) is 5.42. The third kappa shape index (κ3) is 4.91. The largest absolute Gasteiger partial charge is 0.492 e. The van der Waals surface area contributed by atoms with E-state index in [0.29, 0.717) is 16.2 Å². The Bertz CT molecular complexity index is 1150. The van der Waals surface area contributed by atoms with E-state index in [9.17, 15) is 13.2 Å². The van der Waals surface area contributed by atoms with E-state index in [0.717, 1.165) is 31.3 Å². The molecule has 30 heavy (non-hydrogen) atoms. The van der Waals surface area contributed by atoms with Crippen molar-refractivity contribution in [3.05, 3.63) is 71.1 Å². The van der Waals surface area contributed by atoms with Crippen molar-refractivity contribution in [2.45, 2.75) is 30.2 Å². The zero-order valence-electron chi connectivity index (χ0n) is 16.7. The van der Waals surface area contributed by atoms with Crippen LogP contribution >= 0.6 is 0 Å². The van der Waals surface area contributed by atoms with E-state index >= 15 is 0 Å². The van der Waals surface area contributed by atoms with Gasteiger partial charge in [-0.05, 0) is 56.3 Å². The van der Waals surface area contributed by atoms with E-state index in [4.69, 9.17) is 9.15 Å². The van der Waals surface area contributed by atoms with Gasteiger partial charge in [-0.3, -0.25) is 4.90 Å². The second-order valence-electron chi connectivity index (χ2n) is 7.61. The summed E-state index contributed by atoms with van der Waals surface area (Å²) in [4.78, 5) is 14.0. The Hall–Kier alpha value is -2.64. The molecule has 0 spiro atoms. The number of fused-ring (bicyclic) bond motifs is 1. The van der Waals surface area contributed by atoms with Gasteiger partial charge >= 0.3 is 5.63 Å². The first-order valence-electron chi connectivity index (χ1n) is 10.2. The molecular formula is C23H25NO5S. The van der Waals surface area contributed by atoms with Crippen LogP contribution in [0.2, 0.25) is 0 Å². The van der Waals surface area contributed by atoms with Crippen LogP contribution in [0.15, 0.2) is 74.8 Å². The van der Waals surface area contributed by atoms with E-state index in [1.165, 1.54) is 12.5 Å². The number of sulfone groups is 1. The Morgan fingerprint density at radius 3 is 2.47 bits per heavy atom. The van der Waals surface area contributed by atoms with Crippen LogP contribution in [0.5, 0.6) is 5.75 Å². The van der Waals surface area contributed by atoms with Crippen LogP contribution in [0.4, 0.5) is 0 Å². The molecule has 1 aromatic heterocycles. The summed E-state index contributed by atoms with van der Waals surface area (Å²) in [5.74, 6) is 0.552. The Morgan fingerprint density at radius 2 is 1.70 bits per heavy atom. The third-order valence-corrected chi connectivity index (χ3v) is 7.27. The van der Waals surface area contributed by atoms with Gasteiger partial charge in [-0.15, -0.1) is 0 Å². The van der Waals surface area contributed by atoms with Crippen molar-refractivity contribution in [3.8, 4) is 5.75 Å². The van der Waals surface area contributed by atoms with Crippen LogP contribution in [0, 0.1) is 0 Å². The minimum atomic E-state index is -3.44. The number of hydrogen-bond donors (Lipinski definition) is 0. The summed E-state index contributed by atoms with van der Waals surface area (Å²) in [6, 6.07) is 16.7. The highest BCUT2D eigenvalue weighted by Crippen LogP contribution is 2.22. The number of hydrogen-bond acceptors (Lipinski definition) is 6. The van der Waals surface area contributed by atoms with Gasteiger partial charge in [-0.2, -0.15) is 0 Å². The lowest BCUT2D eigenvalue weighted by atomic mass is 10.1. The van der Waals surface area contributed by atoms with Crippen LogP contribution in [-0.4, -0.2) is 44.8 Å². The normalized spacial score (nSPS) is 16.4. The van der Waals surface area contributed by atoms with Crippen molar-refractivity contribution in [2.75, 3.05) is 25.4 Å². The Morgan fingerprint density at radius 1 is 0.967 bits per heavy atom. The van der Waals surface area contributed by atoms with Gasteiger partial charge in [0.05, 0.1) is 16.7 Å². The van der Waals surface area contributed by atoms with Crippen LogP contribution in [-0.2, 0) is 9.84 Å². The molecule has 2 heterocycles. The van der Waals surface area contributed by atoms with Crippen molar-refractivity contribution >= 4 is 20.8 Å². The van der Waals surface area contributed by atoms with Crippen molar-refractivity contribution in [1.29, 1.82) is 0 Å². The molecule has 2 aromatic carbocycles. The lowest BCUT2D eigenvalue weighted by Crippen LogP contribution is -2.46. The van der Waals surface area contributed by atoms with E-state index in [1.807, 2.05) is 12.1 Å². The van der Waals surface area contributed by atoms with E-state index in [1.54, 1.807) is 42.5 Å². The molecule has 7 heteroatoms. The highest BCUT2D eigenvalue weighted by atomic mass is 32.2. The lowest BCUT2D eigenvalue weighted by molar-refractivity contribution is 0.126. The van der Waals surface area contributed by atoms with Crippen molar-refractivity contribution in [3.63, 3.8) is 0 Å². The Labute approximate surface area is 176 Å². The van der Waals surface area contributed by atoms with Crippen LogP contribution in [0.25, 0.3) is 11.0 Å². The predicted molar refractivity (Wildman–Crippen MR) is 116 cm³/mol. The minimum absolute atomic E-state index is 0.000320. The monoisotopic (exact) mass is 427 g/mol. The first kappa shape index (κ1) is 20.6. The molecule has 1 unspecified atom stereocenters. The molecule has 0 bridgehead atoms. The van der Waals surface area contributed by atoms with Crippen LogP contribution < -0.4 is 10.4 Å². The maximum absolute atomic E-state index is 13.0. The molecular weight excluding hydrogens is 402 g/mol. The Balaban J connectivity index is 1.53. The van der Waals surface area contributed by atoms with Gasteiger partial charge in [0.2, 0.25) is 0 Å². The van der Waals surface area contributed by atoms with Crippen LogP contribution in [0.3, 0.4) is 0 Å². The maximum atomic E-state index is 13.0. The number of likely N-dealkylation sites (tertiary alicyclic amines) is 1. The quantitative estimate of drug-likeness (QED) is 0.537. The number of benzene rings is 2. The Kier molecular flexibility index (Phi) is 6.20. The summed E-state index contributed by atoms with van der Waals surface area (Å²) in [6.45, 7) is 1.98. The average molecular weight is 428 g/mol. The fourth-order valence-electron chi connectivity index (χ4n) is 3.84. The molecule has 1 saturated heterocycles. The molecule has 0 N–H and O–H groups in total. The third-order valence-electron chi connectivity index (χ3n) is 5.46. The lowest BCUT2D eigenvalue weighted by Gasteiger charge is -2.34. The summed E-state index contributed by atoms with van der Waals surface area (Å²) >= 11 is 0. The van der Waals surface area contributed by atoms with Gasteiger partial charge in [0.1, 0.15) is 17.9 Å². The van der Waals surface area contributed by atoms with Gasteiger partial charge in [0.25, 0.3) is 0 Å². The molecule has 4 rings (SSSR count). The molecule has 0 radical (unpaired) electrons. The summed E-state index contributed by atoms with van der Waals surface area (Å²) in [7, 11) is -3.44. The number of ether oxygens (including phenoxy) is 1. The highest BCUT2D eigenvalue weighted by Gasteiger charge is 2.28. The van der Waals surface area contributed by atoms with Gasteiger partial charge in [-0.1, -0.05) is 24.6 Å². The fraction of sp³-hybridized carbons (Fsp3) is 0.348. The second kappa shape index (κ2) is 9.02. The van der Waals surface area contributed by atoms with Crippen molar-refractivity contribution < 1.29 is 17.6 Å². The summed E-state index contributed by atoms with van der Waals surface area (Å²) in [5.41, 5.74) is 0.0335. The zero-order valence-corrected chi connectivity index (χ0v) is 17.5. The molecule has 6 nitrogen and oxygen atoms in total. The second-order valence-corrected chi connectivity index (χ2v) is 9.64. The molecule has 0 amide bonds.